The molecule has 0 radical (unpaired) electrons. The summed E-state index contributed by atoms with van der Waals surface area (Å²) in [4.78, 5) is 6.99. The first-order chi connectivity index (χ1) is 9.66. The Morgan fingerprint density at radius 3 is 2.29 bits per heavy atom. The van der Waals surface area contributed by atoms with Crippen molar-refractivity contribution >= 4 is 29.8 Å². The van der Waals surface area contributed by atoms with E-state index in [2.05, 4.69) is 35.2 Å². The molecule has 0 aromatic heterocycles. The van der Waals surface area contributed by atoms with Crippen molar-refractivity contribution in [1.82, 2.24) is 4.90 Å². The summed E-state index contributed by atoms with van der Waals surface area (Å²) in [5.41, 5.74) is 3.66. The molecule has 0 spiro atoms. The molecule has 0 fully saturated rings. The van der Waals surface area contributed by atoms with Crippen molar-refractivity contribution in [2.75, 3.05) is 14.1 Å². The molecule has 1 aliphatic heterocycles. The number of amidine groups is 1. The first-order valence-corrected chi connectivity index (χ1v) is 7.11. The molecular formula is C17H18Cl2N2. The second kappa shape index (κ2) is 6.50. The van der Waals surface area contributed by atoms with E-state index in [1.54, 1.807) is 0 Å². The number of aliphatic imine (C=N–C) groups is 1. The molecule has 1 unspecified atom stereocenters. The van der Waals surface area contributed by atoms with Gasteiger partial charge < -0.3 is 4.90 Å². The van der Waals surface area contributed by atoms with Gasteiger partial charge in [0.25, 0.3) is 0 Å². The maximum Gasteiger partial charge on any atom is 0.104 e. The maximum atomic E-state index is 6.37. The smallest absolute Gasteiger partial charge is 0.104 e. The van der Waals surface area contributed by atoms with Crippen molar-refractivity contribution in [3.8, 4) is 0 Å². The minimum atomic E-state index is -0.00829. The van der Waals surface area contributed by atoms with Crippen LogP contribution in [0.15, 0.2) is 53.5 Å². The summed E-state index contributed by atoms with van der Waals surface area (Å²) in [6.07, 6.45) is 0.879. The standard InChI is InChI=1S/C17H17ClN2.ClH/c1-20(2)16-11-12-7-3-4-8-13(12)17(19-16)14-9-5-6-10-15(14)18;/h3-10,17H,11H2,1-2H3;1H. The SMILES string of the molecule is CN(C)C1=NC(c2ccccc2Cl)c2ccccc2C1.Cl. The Bertz CT molecular complexity index is 665. The van der Waals surface area contributed by atoms with E-state index >= 15 is 0 Å². The Hall–Kier alpha value is -1.51. The highest BCUT2D eigenvalue weighted by Crippen LogP contribution is 2.36. The molecule has 0 N–H and O–H groups in total. The molecule has 4 heteroatoms. The Labute approximate surface area is 136 Å². The van der Waals surface area contributed by atoms with Gasteiger partial charge in [-0.25, -0.2) is 0 Å². The summed E-state index contributed by atoms with van der Waals surface area (Å²) in [7, 11) is 4.08. The highest BCUT2D eigenvalue weighted by molar-refractivity contribution is 6.31. The zero-order valence-electron chi connectivity index (χ0n) is 12.1. The third-order valence-corrected chi connectivity index (χ3v) is 4.04. The third kappa shape index (κ3) is 3.07. The number of fused-ring (bicyclic) bond motifs is 1. The fourth-order valence-electron chi connectivity index (χ4n) is 2.60. The maximum absolute atomic E-state index is 6.37. The van der Waals surface area contributed by atoms with E-state index < -0.39 is 0 Å². The Balaban J connectivity index is 0.00000161. The summed E-state index contributed by atoms with van der Waals surface area (Å²) in [6.45, 7) is 0. The van der Waals surface area contributed by atoms with Gasteiger partial charge in [-0.3, -0.25) is 4.99 Å². The van der Waals surface area contributed by atoms with Crippen molar-refractivity contribution in [1.29, 1.82) is 0 Å². The molecule has 0 bridgehead atoms. The molecule has 2 aromatic carbocycles. The number of hydrogen-bond donors (Lipinski definition) is 0. The summed E-state index contributed by atoms with van der Waals surface area (Å²) >= 11 is 6.37. The van der Waals surface area contributed by atoms with Gasteiger partial charge in [-0.2, -0.15) is 0 Å². The fourth-order valence-corrected chi connectivity index (χ4v) is 2.84. The molecule has 2 aromatic rings. The quantitative estimate of drug-likeness (QED) is 0.762. The van der Waals surface area contributed by atoms with Crippen LogP contribution in [0.3, 0.4) is 0 Å². The zero-order valence-corrected chi connectivity index (χ0v) is 13.7. The first-order valence-electron chi connectivity index (χ1n) is 6.73. The predicted molar refractivity (Wildman–Crippen MR) is 91.8 cm³/mol. The Kier molecular flexibility index (Phi) is 4.92. The second-order valence-electron chi connectivity index (χ2n) is 5.24. The number of benzene rings is 2. The molecule has 1 atom stereocenters. The number of hydrogen-bond acceptors (Lipinski definition) is 2. The lowest BCUT2D eigenvalue weighted by Gasteiger charge is -2.28. The molecule has 0 saturated carbocycles. The Morgan fingerprint density at radius 1 is 1.00 bits per heavy atom. The topological polar surface area (TPSA) is 15.6 Å². The number of likely N-dealkylation sites (N-methyl/N-ethyl adjacent to an activating group) is 1. The van der Waals surface area contributed by atoms with Gasteiger partial charge in [0.15, 0.2) is 0 Å². The highest BCUT2D eigenvalue weighted by Gasteiger charge is 2.24. The van der Waals surface area contributed by atoms with E-state index in [1.165, 1.54) is 11.1 Å². The van der Waals surface area contributed by atoms with Crippen LogP contribution in [-0.2, 0) is 6.42 Å². The van der Waals surface area contributed by atoms with Crippen LogP contribution < -0.4 is 0 Å². The van der Waals surface area contributed by atoms with Crippen LogP contribution in [0.4, 0.5) is 0 Å². The van der Waals surface area contributed by atoms with E-state index in [0.29, 0.717) is 0 Å². The molecular weight excluding hydrogens is 303 g/mol. The summed E-state index contributed by atoms with van der Waals surface area (Å²) in [6, 6.07) is 16.4. The molecule has 3 rings (SSSR count). The van der Waals surface area contributed by atoms with E-state index in [-0.39, 0.29) is 18.4 Å². The lowest BCUT2D eigenvalue weighted by molar-refractivity contribution is 0.592. The molecule has 0 amide bonds. The zero-order chi connectivity index (χ0) is 14.1. The largest absolute Gasteiger partial charge is 0.366 e. The Morgan fingerprint density at radius 2 is 1.62 bits per heavy atom. The summed E-state index contributed by atoms with van der Waals surface area (Å²) in [5.74, 6) is 1.09. The average molecular weight is 321 g/mol. The van der Waals surface area contributed by atoms with Gasteiger partial charge in [0.1, 0.15) is 11.9 Å². The minimum Gasteiger partial charge on any atom is -0.366 e. The van der Waals surface area contributed by atoms with Gasteiger partial charge in [0.05, 0.1) is 0 Å². The average Bonchev–Trinajstić information content (AvgIpc) is 2.46. The van der Waals surface area contributed by atoms with E-state index in [9.17, 15) is 0 Å². The third-order valence-electron chi connectivity index (χ3n) is 3.69. The van der Waals surface area contributed by atoms with Crippen LogP contribution in [0.1, 0.15) is 22.7 Å². The van der Waals surface area contributed by atoms with Crippen molar-refractivity contribution < 1.29 is 0 Å². The van der Waals surface area contributed by atoms with Crippen LogP contribution >= 0.6 is 24.0 Å². The van der Waals surface area contributed by atoms with Crippen molar-refractivity contribution in [2.45, 2.75) is 12.5 Å². The van der Waals surface area contributed by atoms with E-state index in [1.807, 2.05) is 32.3 Å². The number of nitrogens with zero attached hydrogens (tertiary/aromatic N) is 2. The van der Waals surface area contributed by atoms with Gasteiger partial charge in [-0.1, -0.05) is 54.1 Å². The molecule has 2 nitrogen and oxygen atoms in total. The van der Waals surface area contributed by atoms with E-state index in [0.717, 1.165) is 22.8 Å². The summed E-state index contributed by atoms with van der Waals surface area (Å²) in [5, 5.41) is 0.774. The second-order valence-corrected chi connectivity index (χ2v) is 5.65. The summed E-state index contributed by atoms with van der Waals surface area (Å²) < 4.78 is 0. The molecule has 1 heterocycles. The number of halogens is 2. The highest BCUT2D eigenvalue weighted by atomic mass is 35.5. The predicted octanol–water partition coefficient (Wildman–Crippen LogP) is 4.37. The van der Waals surface area contributed by atoms with Crippen LogP contribution in [0.2, 0.25) is 5.02 Å². The van der Waals surface area contributed by atoms with Gasteiger partial charge in [0.2, 0.25) is 0 Å². The molecule has 1 aliphatic rings. The number of rotatable bonds is 1. The lowest BCUT2D eigenvalue weighted by atomic mass is 9.90. The fraction of sp³-hybridized carbons (Fsp3) is 0.235. The van der Waals surface area contributed by atoms with Gasteiger partial charge >= 0.3 is 0 Å². The van der Waals surface area contributed by atoms with Crippen molar-refractivity contribution in [3.05, 3.63) is 70.2 Å². The van der Waals surface area contributed by atoms with Gasteiger partial charge in [-0.15, -0.1) is 12.4 Å². The van der Waals surface area contributed by atoms with Gasteiger partial charge in [0, 0.05) is 25.5 Å². The van der Waals surface area contributed by atoms with Crippen LogP contribution in [-0.4, -0.2) is 24.8 Å². The molecule has 110 valence electrons. The normalized spacial score (nSPS) is 16.5. The monoisotopic (exact) mass is 320 g/mol. The first kappa shape index (κ1) is 15.9. The lowest BCUT2D eigenvalue weighted by Crippen LogP contribution is -2.28. The van der Waals surface area contributed by atoms with Crippen molar-refractivity contribution in [2.24, 2.45) is 4.99 Å². The van der Waals surface area contributed by atoms with Crippen molar-refractivity contribution in [3.63, 3.8) is 0 Å². The van der Waals surface area contributed by atoms with E-state index in [4.69, 9.17) is 16.6 Å². The van der Waals surface area contributed by atoms with Crippen LogP contribution in [0.5, 0.6) is 0 Å². The van der Waals surface area contributed by atoms with Crippen LogP contribution in [0, 0.1) is 0 Å². The molecule has 0 aliphatic carbocycles. The molecule has 0 saturated heterocycles. The molecule has 21 heavy (non-hydrogen) atoms. The minimum absolute atomic E-state index is 0. The van der Waals surface area contributed by atoms with Crippen LogP contribution in [0.25, 0.3) is 0 Å². The van der Waals surface area contributed by atoms with Gasteiger partial charge in [-0.05, 0) is 22.8 Å².